The Morgan fingerprint density at radius 1 is 1.00 bits per heavy atom. The number of nitrogens with zero attached hydrogens (tertiary/aromatic N) is 2. The van der Waals surface area contributed by atoms with Crippen LogP contribution in [-0.4, -0.2) is 17.7 Å². The van der Waals surface area contributed by atoms with Crippen LogP contribution >= 0.6 is 43.6 Å². The van der Waals surface area contributed by atoms with Gasteiger partial charge in [0.15, 0.2) is 5.17 Å². The molecule has 162 valence electrons. The van der Waals surface area contributed by atoms with E-state index in [9.17, 15) is 4.79 Å². The number of amides is 1. The van der Waals surface area contributed by atoms with Gasteiger partial charge in [0.05, 0.1) is 31.8 Å². The van der Waals surface area contributed by atoms with Crippen molar-refractivity contribution in [2.75, 3.05) is 11.5 Å². The lowest BCUT2D eigenvalue weighted by Crippen LogP contribution is -2.28. The molecule has 4 nitrogen and oxygen atoms in total. The number of rotatable bonds is 6. The predicted octanol–water partition coefficient (Wildman–Crippen LogP) is 7.81. The molecule has 0 saturated carbocycles. The average molecular weight is 572 g/mol. The second-order valence-corrected chi connectivity index (χ2v) is 9.70. The normalized spacial score (nSPS) is 16.2. The van der Waals surface area contributed by atoms with Crippen LogP contribution in [0.1, 0.15) is 18.9 Å². The van der Waals surface area contributed by atoms with Crippen molar-refractivity contribution in [3.05, 3.63) is 92.2 Å². The number of ether oxygens (including phenoxy) is 1. The van der Waals surface area contributed by atoms with Crippen molar-refractivity contribution in [1.29, 1.82) is 0 Å². The van der Waals surface area contributed by atoms with Crippen LogP contribution in [0.2, 0.25) is 0 Å². The first-order valence-electron chi connectivity index (χ1n) is 10.1. The lowest BCUT2D eigenvalue weighted by molar-refractivity contribution is -0.113. The molecule has 1 aliphatic heterocycles. The molecule has 3 aromatic carbocycles. The van der Waals surface area contributed by atoms with Gasteiger partial charge in [-0.2, -0.15) is 0 Å². The van der Waals surface area contributed by atoms with Crippen molar-refractivity contribution in [1.82, 2.24) is 0 Å². The van der Waals surface area contributed by atoms with Gasteiger partial charge in [0.2, 0.25) is 0 Å². The molecule has 1 amide bonds. The summed E-state index contributed by atoms with van der Waals surface area (Å²) in [7, 11) is 0. The third-order valence-electron chi connectivity index (χ3n) is 4.57. The fourth-order valence-electron chi connectivity index (χ4n) is 3.12. The Hall–Kier alpha value is -2.35. The molecule has 0 bridgehead atoms. The van der Waals surface area contributed by atoms with E-state index in [1.54, 1.807) is 4.90 Å². The quantitative estimate of drug-likeness (QED) is 0.283. The minimum Gasteiger partial charge on any atom is -0.491 e. The summed E-state index contributed by atoms with van der Waals surface area (Å²) in [5.41, 5.74) is 2.47. The van der Waals surface area contributed by atoms with Gasteiger partial charge in [-0.25, -0.2) is 4.99 Å². The minimum absolute atomic E-state index is 0.102. The highest BCUT2D eigenvalue weighted by atomic mass is 79.9. The molecule has 0 aromatic heterocycles. The number of amidine groups is 1. The minimum atomic E-state index is -0.102. The van der Waals surface area contributed by atoms with Crippen LogP contribution in [0.4, 0.5) is 11.4 Å². The summed E-state index contributed by atoms with van der Waals surface area (Å²) < 4.78 is 7.48. The number of benzene rings is 3. The molecule has 32 heavy (non-hydrogen) atoms. The Labute approximate surface area is 208 Å². The number of hydrogen-bond acceptors (Lipinski definition) is 4. The van der Waals surface area contributed by atoms with Crippen molar-refractivity contribution in [3.8, 4) is 5.75 Å². The summed E-state index contributed by atoms with van der Waals surface area (Å²) in [5, 5.41) is 0.625. The first kappa shape index (κ1) is 22.8. The first-order valence-corrected chi connectivity index (χ1v) is 12.5. The highest BCUT2D eigenvalue weighted by molar-refractivity contribution is 9.11. The van der Waals surface area contributed by atoms with Gasteiger partial charge < -0.3 is 4.74 Å². The van der Waals surface area contributed by atoms with E-state index in [0.717, 1.165) is 38.1 Å². The maximum absolute atomic E-state index is 13.4. The third-order valence-corrected chi connectivity index (χ3v) is 6.72. The van der Waals surface area contributed by atoms with E-state index in [-0.39, 0.29) is 5.91 Å². The standard InChI is InChI=1S/C25H20Br2N2O2S/c1-2-13-31-23-20(26)14-17(15-21(23)27)16-22-24(30)29(19-11-7-4-8-12-19)25(32-22)28-18-9-5-3-6-10-18/h3-12,14-16H,2,13H2,1H3/b22-16+,28-25?. The van der Waals surface area contributed by atoms with E-state index in [1.165, 1.54) is 11.8 Å². The van der Waals surface area contributed by atoms with Gasteiger partial charge in [-0.15, -0.1) is 0 Å². The number of carbonyl (C=O) groups is 1. The van der Waals surface area contributed by atoms with Crippen LogP contribution in [0.5, 0.6) is 5.75 Å². The maximum atomic E-state index is 13.4. The molecular weight excluding hydrogens is 552 g/mol. The summed E-state index contributed by atoms with van der Waals surface area (Å²) in [6.45, 7) is 2.70. The lowest BCUT2D eigenvalue weighted by Gasteiger charge is -2.15. The average Bonchev–Trinajstić information content (AvgIpc) is 3.09. The summed E-state index contributed by atoms with van der Waals surface area (Å²) in [4.78, 5) is 20.4. The smallest absolute Gasteiger partial charge is 0.271 e. The molecule has 0 atom stereocenters. The van der Waals surface area contributed by atoms with Gasteiger partial charge in [-0.3, -0.25) is 9.69 Å². The van der Waals surface area contributed by atoms with Gasteiger partial charge in [0.25, 0.3) is 5.91 Å². The van der Waals surface area contributed by atoms with Gasteiger partial charge in [0.1, 0.15) is 5.75 Å². The van der Waals surface area contributed by atoms with Gasteiger partial charge >= 0.3 is 0 Å². The van der Waals surface area contributed by atoms with Crippen molar-refractivity contribution in [2.45, 2.75) is 13.3 Å². The molecule has 0 radical (unpaired) electrons. The molecule has 0 spiro atoms. The maximum Gasteiger partial charge on any atom is 0.271 e. The zero-order valence-corrected chi connectivity index (χ0v) is 21.3. The van der Waals surface area contributed by atoms with Gasteiger partial charge in [-0.1, -0.05) is 43.3 Å². The van der Waals surface area contributed by atoms with Crippen LogP contribution in [0.25, 0.3) is 6.08 Å². The first-order chi connectivity index (χ1) is 15.6. The highest BCUT2D eigenvalue weighted by Crippen LogP contribution is 2.39. The Morgan fingerprint density at radius 3 is 2.25 bits per heavy atom. The molecule has 0 N–H and O–H groups in total. The fraction of sp³-hybridized carbons (Fsp3) is 0.120. The fourth-order valence-corrected chi connectivity index (χ4v) is 5.57. The van der Waals surface area contributed by atoms with Crippen molar-refractivity contribution in [3.63, 3.8) is 0 Å². The number of para-hydroxylation sites is 2. The van der Waals surface area contributed by atoms with Crippen LogP contribution in [0.3, 0.4) is 0 Å². The van der Waals surface area contributed by atoms with Crippen LogP contribution in [0, 0.1) is 0 Å². The largest absolute Gasteiger partial charge is 0.491 e. The Kier molecular flexibility index (Phi) is 7.50. The molecule has 1 saturated heterocycles. The molecule has 0 unspecified atom stereocenters. The van der Waals surface area contributed by atoms with E-state index in [4.69, 9.17) is 9.73 Å². The van der Waals surface area contributed by atoms with Crippen molar-refractivity contribution < 1.29 is 9.53 Å². The Balaban J connectivity index is 1.72. The molecule has 1 aliphatic rings. The Morgan fingerprint density at radius 2 is 1.62 bits per heavy atom. The summed E-state index contributed by atoms with van der Waals surface area (Å²) in [5.74, 6) is 0.658. The van der Waals surface area contributed by atoms with E-state index < -0.39 is 0 Å². The van der Waals surface area contributed by atoms with E-state index in [2.05, 4.69) is 38.8 Å². The number of hydrogen-bond donors (Lipinski definition) is 0. The topological polar surface area (TPSA) is 41.9 Å². The van der Waals surface area contributed by atoms with E-state index in [0.29, 0.717) is 16.7 Å². The number of thioether (sulfide) groups is 1. The molecule has 3 aromatic rings. The van der Waals surface area contributed by atoms with E-state index in [1.807, 2.05) is 78.9 Å². The second-order valence-electron chi connectivity index (χ2n) is 6.98. The molecule has 1 heterocycles. The molecule has 4 rings (SSSR count). The van der Waals surface area contributed by atoms with Crippen molar-refractivity contribution in [2.24, 2.45) is 4.99 Å². The number of aliphatic imine (C=N–C) groups is 1. The van der Waals surface area contributed by atoms with Crippen LogP contribution in [-0.2, 0) is 4.79 Å². The monoisotopic (exact) mass is 570 g/mol. The third kappa shape index (κ3) is 5.17. The molecule has 7 heteroatoms. The van der Waals surface area contributed by atoms with E-state index >= 15 is 0 Å². The summed E-state index contributed by atoms with van der Waals surface area (Å²) >= 11 is 8.54. The molecular formula is C25H20Br2N2O2S. The van der Waals surface area contributed by atoms with Crippen molar-refractivity contribution >= 4 is 72.1 Å². The molecule has 1 fully saturated rings. The van der Waals surface area contributed by atoms with Gasteiger partial charge in [0, 0.05) is 0 Å². The molecule has 0 aliphatic carbocycles. The predicted molar refractivity (Wildman–Crippen MR) is 141 cm³/mol. The number of halogens is 2. The number of anilines is 1. The zero-order chi connectivity index (χ0) is 22.5. The SMILES string of the molecule is CCCOc1c(Br)cc(/C=C2/SC(=Nc3ccccc3)N(c3ccccc3)C2=O)cc1Br. The highest BCUT2D eigenvalue weighted by Gasteiger charge is 2.34. The summed E-state index contributed by atoms with van der Waals surface area (Å²) in [6.07, 6.45) is 2.81. The summed E-state index contributed by atoms with van der Waals surface area (Å²) in [6, 6.07) is 23.1. The van der Waals surface area contributed by atoms with Crippen LogP contribution < -0.4 is 9.64 Å². The number of carbonyl (C=O) groups excluding carboxylic acids is 1. The zero-order valence-electron chi connectivity index (χ0n) is 17.3. The van der Waals surface area contributed by atoms with Gasteiger partial charge in [-0.05, 0) is 98.1 Å². The Bertz CT molecular complexity index is 1160. The lowest BCUT2D eigenvalue weighted by atomic mass is 10.2. The van der Waals surface area contributed by atoms with Crippen LogP contribution in [0.15, 0.2) is 91.6 Å². The second kappa shape index (κ2) is 10.5.